The number of rotatable bonds is 3. The highest BCUT2D eigenvalue weighted by Gasteiger charge is 2.39. The molecule has 2 aromatic heterocycles. The summed E-state index contributed by atoms with van der Waals surface area (Å²) >= 11 is 0. The molecule has 0 bridgehead atoms. The van der Waals surface area contributed by atoms with Gasteiger partial charge in [-0.15, -0.1) is 0 Å². The molecule has 2 aromatic rings. The minimum Gasteiger partial charge on any atom is -0.465 e. The van der Waals surface area contributed by atoms with E-state index in [2.05, 4.69) is 25.8 Å². The normalized spacial score (nSPS) is 25.2. The second kappa shape index (κ2) is 7.14. The highest BCUT2D eigenvalue weighted by atomic mass is 16.5. The Hall–Kier alpha value is -1.92. The standard InChI is InChI=1S/C19H26N4O2/c1-16-4-5-17(25-16)12-22-9-2-6-19(13-22)14-23(10-11-24-15-19)18-20-7-3-8-21-18/h3-5,7-8H,2,6,9-15H2,1H3/t19-/m0/s1. The first kappa shape index (κ1) is 16.5. The molecular formula is C19H26N4O2. The van der Waals surface area contributed by atoms with Gasteiger partial charge in [-0.25, -0.2) is 9.97 Å². The van der Waals surface area contributed by atoms with Crippen molar-refractivity contribution in [2.75, 3.05) is 44.3 Å². The Morgan fingerprint density at radius 2 is 2.04 bits per heavy atom. The van der Waals surface area contributed by atoms with Gasteiger partial charge >= 0.3 is 0 Å². The minimum atomic E-state index is 0.135. The smallest absolute Gasteiger partial charge is 0.225 e. The third-order valence-electron chi connectivity index (χ3n) is 5.19. The average Bonchev–Trinajstić information content (AvgIpc) is 2.92. The molecule has 0 radical (unpaired) electrons. The Morgan fingerprint density at radius 1 is 1.16 bits per heavy atom. The van der Waals surface area contributed by atoms with Crippen molar-refractivity contribution in [3.05, 3.63) is 42.1 Å². The summed E-state index contributed by atoms with van der Waals surface area (Å²) in [5.41, 5.74) is 0.135. The lowest BCUT2D eigenvalue weighted by Gasteiger charge is -2.43. The van der Waals surface area contributed by atoms with Crippen LogP contribution in [-0.4, -0.2) is 54.3 Å². The summed E-state index contributed by atoms with van der Waals surface area (Å²) in [6, 6.07) is 5.99. The lowest BCUT2D eigenvalue weighted by molar-refractivity contribution is 0.00871. The van der Waals surface area contributed by atoms with Crippen molar-refractivity contribution in [3.63, 3.8) is 0 Å². The van der Waals surface area contributed by atoms with Gasteiger partial charge in [-0.05, 0) is 44.5 Å². The van der Waals surface area contributed by atoms with E-state index in [0.717, 1.165) is 63.4 Å². The van der Waals surface area contributed by atoms with Crippen LogP contribution >= 0.6 is 0 Å². The third-order valence-corrected chi connectivity index (χ3v) is 5.19. The van der Waals surface area contributed by atoms with Crippen LogP contribution in [0.25, 0.3) is 0 Å². The van der Waals surface area contributed by atoms with E-state index in [0.29, 0.717) is 0 Å². The van der Waals surface area contributed by atoms with Crippen molar-refractivity contribution in [2.24, 2.45) is 5.41 Å². The van der Waals surface area contributed by atoms with Crippen LogP contribution in [0.5, 0.6) is 0 Å². The molecule has 25 heavy (non-hydrogen) atoms. The quantitative estimate of drug-likeness (QED) is 0.854. The van der Waals surface area contributed by atoms with E-state index in [1.54, 1.807) is 0 Å². The van der Waals surface area contributed by atoms with Crippen LogP contribution in [-0.2, 0) is 11.3 Å². The van der Waals surface area contributed by atoms with Gasteiger partial charge in [0.2, 0.25) is 5.95 Å². The number of likely N-dealkylation sites (tertiary alicyclic amines) is 1. The zero-order chi connectivity index (χ0) is 17.1. The Bertz CT molecular complexity index is 690. The Kier molecular flexibility index (Phi) is 4.72. The molecule has 2 saturated heterocycles. The van der Waals surface area contributed by atoms with E-state index < -0.39 is 0 Å². The molecule has 4 heterocycles. The molecule has 0 aliphatic carbocycles. The first-order chi connectivity index (χ1) is 12.2. The first-order valence-corrected chi connectivity index (χ1v) is 9.10. The number of anilines is 1. The number of furan rings is 1. The summed E-state index contributed by atoms with van der Waals surface area (Å²) in [6.45, 7) is 8.35. The molecule has 0 amide bonds. The maximum Gasteiger partial charge on any atom is 0.225 e. The van der Waals surface area contributed by atoms with Crippen LogP contribution in [0.2, 0.25) is 0 Å². The lowest BCUT2D eigenvalue weighted by Crippen LogP contribution is -2.50. The van der Waals surface area contributed by atoms with Gasteiger partial charge in [-0.3, -0.25) is 4.90 Å². The fourth-order valence-corrected chi connectivity index (χ4v) is 4.10. The van der Waals surface area contributed by atoms with Crippen LogP contribution in [0.4, 0.5) is 5.95 Å². The monoisotopic (exact) mass is 342 g/mol. The third kappa shape index (κ3) is 3.85. The largest absolute Gasteiger partial charge is 0.465 e. The number of ether oxygens (including phenoxy) is 1. The summed E-state index contributed by atoms with van der Waals surface area (Å²) in [5.74, 6) is 2.84. The zero-order valence-corrected chi connectivity index (χ0v) is 14.9. The van der Waals surface area contributed by atoms with E-state index in [9.17, 15) is 0 Å². The topological polar surface area (TPSA) is 54.6 Å². The first-order valence-electron chi connectivity index (χ1n) is 9.10. The molecule has 1 atom stereocenters. The predicted molar refractivity (Wildman–Crippen MR) is 95.5 cm³/mol. The Labute approximate surface area is 148 Å². The zero-order valence-electron chi connectivity index (χ0n) is 14.9. The molecule has 0 saturated carbocycles. The molecule has 0 aromatic carbocycles. The van der Waals surface area contributed by atoms with Gasteiger partial charge in [0.05, 0.1) is 19.8 Å². The number of nitrogens with zero attached hydrogens (tertiary/aromatic N) is 4. The van der Waals surface area contributed by atoms with Crippen LogP contribution < -0.4 is 4.90 Å². The fraction of sp³-hybridized carbons (Fsp3) is 0.579. The van der Waals surface area contributed by atoms with Crippen molar-refractivity contribution in [2.45, 2.75) is 26.3 Å². The van der Waals surface area contributed by atoms with E-state index in [4.69, 9.17) is 9.15 Å². The Balaban J connectivity index is 1.48. The maximum absolute atomic E-state index is 5.99. The van der Waals surface area contributed by atoms with Crippen LogP contribution in [0.1, 0.15) is 24.4 Å². The second-order valence-corrected chi connectivity index (χ2v) is 7.35. The van der Waals surface area contributed by atoms with Crippen LogP contribution in [0.3, 0.4) is 0 Å². The van der Waals surface area contributed by atoms with Crippen molar-refractivity contribution in [3.8, 4) is 0 Å². The van der Waals surface area contributed by atoms with Gasteiger partial charge in [0.25, 0.3) is 0 Å². The van der Waals surface area contributed by atoms with Gasteiger partial charge in [0, 0.05) is 37.4 Å². The van der Waals surface area contributed by atoms with Crippen molar-refractivity contribution in [1.82, 2.24) is 14.9 Å². The molecule has 4 rings (SSSR count). The second-order valence-electron chi connectivity index (χ2n) is 7.35. The average molecular weight is 342 g/mol. The number of piperidine rings is 1. The molecule has 6 heteroatoms. The SMILES string of the molecule is Cc1ccc(CN2CCC[C@]3(COCCN(c4ncccn4)C3)C2)o1. The summed E-state index contributed by atoms with van der Waals surface area (Å²) in [5, 5.41) is 0. The highest BCUT2D eigenvalue weighted by Crippen LogP contribution is 2.34. The number of hydrogen-bond acceptors (Lipinski definition) is 6. The summed E-state index contributed by atoms with van der Waals surface area (Å²) in [7, 11) is 0. The maximum atomic E-state index is 5.99. The van der Waals surface area contributed by atoms with Gasteiger partial charge in [0.1, 0.15) is 11.5 Å². The van der Waals surface area contributed by atoms with E-state index in [-0.39, 0.29) is 5.41 Å². The number of hydrogen-bond donors (Lipinski definition) is 0. The van der Waals surface area contributed by atoms with Gasteiger partial charge in [-0.2, -0.15) is 0 Å². The lowest BCUT2D eigenvalue weighted by atomic mass is 9.80. The van der Waals surface area contributed by atoms with Gasteiger partial charge in [-0.1, -0.05) is 0 Å². The van der Waals surface area contributed by atoms with Crippen LogP contribution in [0.15, 0.2) is 35.0 Å². The number of aromatic nitrogens is 2. The Morgan fingerprint density at radius 3 is 2.84 bits per heavy atom. The molecule has 2 aliphatic heterocycles. The molecule has 6 nitrogen and oxygen atoms in total. The molecule has 1 spiro atoms. The highest BCUT2D eigenvalue weighted by molar-refractivity contribution is 5.29. The summed E-state index contributed by atoms with van der Waals surface area (Å²) < 4.78 is 11.8. The summed E-state index contributed by atoms with van der Waals surface area (Å²) in [6.07, 6.45) is 6.00. The van der Waals surface area contributed by atoms with E-state index >= 15 is 0 Å². The van der Waals surface area contributed by atoms with E-state index in [1.807, 2.05) is 31.5 Å². The molecule has 2 fully saturated rings. The van der Waals surface area contributed by atoms with Gasteiger partial charge < -0.3 is 14.1 Å². The van der Waals surface area contributed by atoms with Crippen molar-refractivity contribution >= 4 is 5.95 Å². The summed E-state index contributed by atoms with van der Waals surface area (Å²) in [4.78, 5) is 13.7. The van der Waals surface area contributed by atoms with Crippen molar-refractivity contribution < 1.29 is 9.15 Å². The van der Waals surface area contributed by atoms with Gasteiger partial charge in [0.15, 0.2) is 0 Å². The van der Waals surface area contributed by atoms with Crippen LogP contribution in [0, 0.1) is 12.3 Å². The predicted octanol–water partition coefficient (Wildman–Crippen LogP) is 2.50. The van der Waals surface area contributed by atoms with Crippen molar-refractivity contribution in [1.29, 1.82) is 0 Å². The molecule has 2 aliphatic rings. The molecule has 134 valence electrons. The number of aryl methyl sites for hydroxylation is 1. The fourth-order valence-electron chi connectivity index (χ4n) is 4.10. The minimum absolute atomic E-state index is 0.135. The molecule has 0 N–H and O–H groups in total. The molecular weight excluding hydrogens is 316 g/mol. The van der Waals surface area contributed by atoms with E-state index in [1.165, 1.54) is 12.8 Å². The molecule has 0 unspecified atom stereocenters.